The fourth-order valence-electron chi connectivity index (χ4n) is 2.28. The third kappa shape index (κ3) is 3.19. The summed E-state index contributed by atoms with van der Waals surface area (Å²) >= 11 is 0. The van der Waals surface area contributed by atoms with E-state index in [-0.39, 0.29) is 17.3 Å². The van der Waals surface area contributed by atoms with Crippen LogP contribution < -0.4 is 0 Å². The standard InChI is InChI=1S/C20H12O3/c21-18-11-9-15(10-12-18)20(23)17-8-4-7-16(13-17)19(22)14-5-2-1-3-6-14/h2-13H. The average Bonchev–Trinajstić information content (AvgIpc) is 2.62. The summed E-state index contributed by atoms with van der Waals surface area (Å²) in [5, 5.41) is 11.1. The molecule has 110 valence electrons. The van der Waals surface area contributed by atoms with Crippen LogP contribution in [0.25, 0.3) is 0 Å². The summed E-state index contributed by atoms with van der Waals surface area (Å²) in [7, 11) is 0. The van der Waals surface area contributed by atoms with Crippen molar-refractivity contribution >= 4 is 11.6 Å². The monoisotopic (exact) mass is 300 g/mol. The molecule has 3 aromatic rings. The Morgan fingerprint density at radius 2 is 1.17 bits per heavy atom. The van der Waals surface area contributed by atoms with Gasteiger partial charge in [0.05, 0.1) is 0 Å². The predicted molar refractivity (Wildman–Crippen MR) is 85.2 cm³/mol. The number of benzene rings is 3. The van der Waals surface area contributed by atoms with Crippen molar-refractivity contribution in [3.8, 4) is 5.75 Å². The second-order valence-corrected chi connectivity index (χ2v) is 5.05. The molecule has 3 heteroatoms. The molecule has 0 saturated heterocycles. The number of hydrogen-bond donors (Lipinski definition) is 0. The molecule has 0 spiro atoms. The molecule has 0 N–H and O–H groups in total. The molecule has 0 fully saturated rings. The van der Waals surface area contributed by atoms with E-state index in [0.29, 0.717) is 22.3 Å². The Morgan fingerprint density at radius 3 is 1.74 bits per heavy atom. The number of rotatable bonds is 4. The first-order valence-corrected chi connectivity index (χ1v) is 7.08. The molecular formula is C20H12O3. The SMILES string of the molecule is [O]c1ccc(C(=O)c2cccc(C(=O)c3cc[c]cc3)c2)cc1. The minimum absolute atomic E-state index is 0.147. The molecule has 2 radical (unpaired) electrons. The van der Waals surface area contributed by atoms with Crippen molar-refractivity contribution < 1.29 is 14.7 Å². The van der Waals surface area contributed by atoms with Crippen molar-refractivity contribution in [2.75, 3.05) is 0 Å². The van der Waals surface area contributed by atoms with Crippen LogP contribution in [0.5, 0.6) is 5.75 Å². The van der Waals surface area contributed by atoms with E-state index in [4.69, 9.17) is 0 Å². The predicted octanol–water partition coefficient (Wildman–Crippen LogP) is 4.09. The Morgan fingerprint density at radius 1 is 0.652 bits per heavy atom. The van der Waals surface area contributed by atoms with E-state index in [9.17, 15) is 14.7 Å². The minimum atomic E-state index is -0.221. The fraction of sp³-hybridized carbons (Fsp3) is 0. The van der Waals surface area contributed by atoms with Crippen molar-refractivity contribution in [1.82, 2.24) is 0 Å². The van der Waals surface area contributed by atoms with Crippen LogP contribution in [0, 0.1) is 6.07 Å². The maximum Gasteiger partial charge on any atom is 0.193 e. The first-order chi connectivity index (χ1) is 11.1. The van der Waals surface area contributed by atoms with Gasteiger partial charge in [-0.05, 0) is 36.4 Å². The van der Waals surface area contributed by atoms with Gasteiger partial charge in [-0.3, -0.25) is 14.7 Å². The molecule has 0 aliphatic heterocycles. The van der Waals surface area contributed by atoms with Gasteiger partial charge in [0.1, 0.15) is 0 Å². The highest BCUT2D eigenvalue weighted by atomic mass is 16.3. The second-order valence-electron chi connectivity index (χ2n) is 5.05. The lowest BCUT2D eigenvalue weighted by Crippen LogP contribution is -2.05. The van der Waals surface area contributed by atoms with Crippen LogP contribution in [0.15, 0.2) is 72.8 Å². The lowest BCUT2D eigenvalue weighted by Gasteiger charge is -2.05. The lowest BCUT2D eigenvalue weighted by molar-refractivity contribution is 0.103. The number of carbonyl (C=O) groups excluding carboxylic acids is 2. The summed E-state index contributed by atoms with van der Waals surface area (Å²) in [6, 6.07) is 21.8. The Kier molecular flexibility index (Phi) is 4.02. The summed E-state index contributed by atoms with van der Waals surface area (Å²) in [5.74, 6) is -0.518. The van der Waals surface area contributed by atoms with Gasteiger partial charge < -0.3 is 0 Å². The molecule has 0 bridgehead atoms. The molecular weight excluding hydrogens is 288 g/mol. The van der Waals surface area contributed by atoms with Gasteiger partial charge in [0.2, 0.25) is 0 Å². The average molecular weight is 300 g/mol. The molecule has 3 aromatic carbocycles. The molecule has 0 aliphatic carbocycles. The van der Waals surface area contributed by atoms with Gasteiger partial charge in [0.15, 0.2) is 17.3 Å². The summed E-state index contributed by atoms with van der Waals surface area (Å²) < 4.78 is 0. The van der Waals surface area contributed by atoms with E-state index in [1.807, 2.05) is 0 Å². The zero-order valence-electron chi connectivity index (χ0n) is 12.2. The molecule has 0 atom stereocenters. The van der Waals surface area contributed by atoms with Crippen LogP contribution in [-0.4, -0.2) is 11.6 Å². The number of hydrogen-bond acceptors (Lipinski definition) is 2. The maximum absolute atomic E-state index is 12.5. The zero-order chi connectivity index (χ0) is 16.2. The van der Waals surface area contributed by atoms with E-state index in [1.54, 1.807) is 48.5 Å². The van der Waals surface area contributed by atoms with E-state index in [0.717, 1.165) is 0 Å². The summed E-state index contributed by atoms with van der Waals surface area (Å²) in [6.45, 7) is 0. The number of carbonyl (C=O) groups is 2. The van der Waals surface area contributed by atoms with Crippen molar-refractivity contribution in [2.24, 2.45) is 0 Å². The van der Waals surface area contributed by atoms with Crippen molar-refractivity contribution in [2.45, 2.75) is 0 Å². The van der Waals surface area contributed by atoms with Crippen LogP contribution in [0.1, 0.15) is 31.8 Å². The smallest absolute Gasteiger partial charge is 0.193 e. The van der Waals surface area contributed by atoms with Gasteiger partial charge in [-0.15, -0.1) is 0 Å². The lowest BCUT2D eigenvalue weighted by atomic mass is 9.97. The highest BCUT2D eigenvalue weighted by molar-refractivity contribution is 6.13. The maximum atomic E-state index is 12.5. The third-order valence-electron chi connectivity index (χ3n) is 3.48. The molecule has 0 heterocycles. The Bertz CT molecular complexity index is 850. The molecule has 0 saturated carbocycles. The summed E-state index contributed by atoms with van der Waals surface area (Å²) in [6.07, 6.45) is 0. The van der Waals surface area contributed by atoms with Crippen LogP contribution in [0.3, 0.4) is 0 Å². The molecule has 0 aliphatic rings. The highest BCUT2D eigenvalue weighted by Gasteiger charge is 2.13. The quantitative estimate of drug-likeness (QED) is 0.681. The molecule has 23 heavy (non-hydrogen) atoms. The van der Waals surface area contributed by atoms with Gasteiger partial charge >= 0.3 is 0 Å². The number of ketones is 2. The normalized spacial score (nSPS) is 10.3. The minimum Gasteiger partial charge on any atom is -0.290 e. The molecule has 3 nitrogen and oxygen atoms in total. The second kappa shape index (κ2) is 6.28. The topological polar surface area (TPSA) is 54.0 Å². The zero-order valence-corrected chi connectivity index (χ0v) is 12.2. The first kappa shape index (κ1) is 14.7. The molecule has 0 amide bonds. The van der Waals surface area contributed by atoms with Gasteiger partial charge in [-0.1, -0.05) is 42.5 Å². The van der Waals surface area contributed by atoms with Crippen LogP contribution >= 0.6 is 0 Å². The Labute approximate surface area is 133 Å². The molecule has 0 unspecified atom stereocenters. The third-order valence-corrected chi connectivity index (χ3v) is 3.48. The van der Waals surface area contributed by atoms with Gasteiger partial charge in [-0.25, -0.2) is 0 Å². The van der Waals surface area contributed by atoms with Crippen LogP contribution in [-0.2, 0) is 5.11 Å². The molecule has 0 aromatic heterocycles. The van der Waals surface area contributed by atoms with E-state index in [1.165, 1.54) is 24.3 Å². The van der Waals surface area contributed by atoms with Gasteiger partial charge in [-0.2, -0.15) is 0 Å². The van der Waals surface area contributed by atoms with Gasteiger partial charge in [0.25, 0.3) is 0 Å². The fourth-order valence-corrected chi connectivity index (χ4v) is 2.28. The van der Waals surface area contributed by atoms with Gasteiger partial charge in [0, 0.05) is 22.3 Å². The summed E-state index contributed by atoms with van der Waals surface area (Å²) in [4.78, 5) is 24.9. The van der Waals surface area contributed by atoms with E-state index in [2.05, 4.69) is 6.07 Å². The first-order valence-electron chi connectivity index (χ1n) is 7.08. The molecule has 3 rings (SSSR count). The van der Waals surface area contributed by atoms with Crippen LogP contribution in [0.2, 0.25) is 0 Å². The largest absolute Gasteiger partial charge is 0.290 e. The van der Waals surface area contributed by atoms with E-state index >= 15 is 0 Å². The highest BCUT2D eigenvalue weighted by Crippen LogP contribution is 2.17. The van der Waals surface area contributed by atoms with Crippen molar-refractivity contribution in [3.63, 3.8) is 0 Å². The summed E-state index contributed by atoms with van der Waals surface area (Å²) in [5.41, 5.74) is 1.83. The Balaban J connectivity index is 1.92. The van der Waals surface area contributed by atoms with Crippen molar-refractivity contribution in [1.29, 1.82) is 0 Å². The van der Waals surface area contributed by atoms with E-state index < -0.39 is 0 Å². The van der Waals surface area contributed by atoms with Crippen LogP contribution in [0.4, 0.5) is 0 Å². The Hall–Kier alpha value is -3.20. The van der Waals surface area contributed by atoms with Crippen molar-refractivity contribution in [3.05, 3.63) is 101 Å².